The molecule has 3 heterocycles. The van der Waals surface area contributed by atoms with E-state index in [1.165, 1.54) is 0 Å². The molecule has 0 spiro atoms. The van der Waals surface area contributed by atoms with Gasteiger partial charge in [-0.1, -0.05) is 83.4 Å². The highest BCUT2D eigenvalue weighted by Gasteiger charge is 2.70. The highest BCUT2D eigenvalue weighted by molar-refractivity contribution is 6.33. The molecule has 3 N–H and O–H groups in total. The van der Waals surface area contributed by atoms with Gasteiger partial charge in [0.25, 0.3) is 11.8 Å². The Kier molecular flexibility index (Phi) is 7.29. The number of aromatic nitrogens is 1. The van der Waals surface area contributed by atoms with Crippen LogP contribution < -0.4 is 10.7 Å². The van der Waals surface area contributed by atoms with Crippen LogP contribution in [0, 0.1) is 23.7 Å². The maximum atomic E-state index is 15.2. The van der Waals surface area contributed by atoms with E-state index in [1.54, 1.807) is 48.5 Å². The zero-order valence-electron chi connectivity index (χ0n) is 25.7. The average molecular weight is 722 g/mol. The number of aromatic hydroxyl groups is 1. The number of carbonyl (C=O) groups excluding carboxylic acids is 4. The number of nitrogens with one attached hydrogen (secondary N) is 2. The van der Waals surface area contributed by atoms with Crippen LogP contribution in [0.4, 0.5) is 19.0 Å². The van der Waals surface area contributed by atoms with Crippen molar-refractivity contribution in [3.63, 3.8) is 0 Å². The van der Waals surface area contributed by atoms with Crippen LogP contribution in [0.15, 0.2) is 84.6 Å². The first-order chi connectivity index (χ1) is 23.8. The summed E-state index contributed by atoms with van der Waals surface area (Å²) in [4.78, 5) is 59.8. The monoisotopic (exact) mass is 720 g/mol. The smallest absolute Gasteiger partial charge is 0.417 e. The first kappa shape index (κ1) is 32.3. The van der Waals surface area contributed by atoms with Crippen molar-refractivity contribution in [1.82, 2.24) is 15.3 Å². The Bertz CT molecular complexity index is 2190. The predicted octanol–water partition coefficient (Wildman–Crippen LogP) is 6.54. The van der Waals surface area contributed by atoms with Gasteiger partial charge >= 0.3 is 6.18 Å². The van der Waals surface area contributed by atoms with E-state index in [0.29, 0.717) is 44.4 Å². The summed E-state index contributed by atoms with van der Waals surface area (Å²) < 4.78 is 40.2. The number of alkyl halides is 3. The molecule has 4 aromatic rings. The van der Waals surface area contributed by atoms with Crippen molar-refractivity contribution >= 4 is 63.4 Å². The van der Waals surface area contributed by atoms with E-state index < -0.39 is 75.4 Å². The number of hydrazine groups is 1. The van der Waals surface area contributed by atoms with E-state index in [4.69, 9.17) is 23.2 Å². The highest BCUT2D eigenvalue weighted by Crippen LogP contribution is 2.65. The number of benzene rings is 3. The van der Waals surface area contributed by atoms with Gasteiger partial charge in [-0.25, -0.2) is 4.98 Å². The van der Waals surface area contributed by atoms with Crippen LogP contribution in [-0.2, 0) is 30.8 Å². The van der Waals surface area contributed by atoms with Gasteiger partial charge in [0.2, 0.25) is 11.8 Å². The zero-order chi connectivity index (χ0) is 35.3. The van der Waals surface area contributed by atoms with Crippen molar-refractivity contribution < 1.29 is 37.5 Å². The van der Waals surface area contributed by atoms with E-state index in [1.807, 2.05) is 18.2 Å². The molecule has 9 nitrogen and oxygen atoms in total. The summed E-state index contributed by atoms with van der Waals surface area (Å²) in [5.74, 6) is -7.34. The molecule has 6 atom stereocenters. The van der Waals surface area contributed by atoms with Gasteiger partial charge in [-0.05, 0) is 47.9 Å². The molecule has 0 bridgehead atoms. The molecule has 4 aliphatic rings. The summed E-state index contributed by atoms with van der Waals surface area (Å²) >= 11 is 12.5. The number of imide groups is 2. The Morgan fingerprint density at radius 3 is 2.42 bits per heavy atom. The number of amides is 4. The Labute approximate surface area is 292 Å². The summed E-state index contributed by atoms with van der Waals surface area (Å²) in [7, 11) is 0. The lowest BCUT2D eigenvalue weighted by molar-refractivity contribution is -0.139. The number of nitrogens with zero attached hydrogens (tertiary/aromatic N) is 2. The number of hydrogen-bond acceptors (Lipinski definition) is 7. The molecule has 2 aliphatic carbocycles. The predicted molar refractivity (Wildman–Crippen MR) is 176 cm³/mol. The van der Waals surface area contributed by atoms with Crippen LogP contribution in [0.2, 0.25) is 10.0 Å². The summed E-state index contributed by atoms with van der Waals surface area (Å²) in [5.41, 5.74) is 1.01. The molecule has 14 heteroatoms. The average Bonchev–Trinajstić information content (AvgIpc) is 3.49. The van der Waals surface area contributed by atoms with Crippen molar-refractivity contribution in [2.45, 2.75) is 30.4 Å². The fourth-order valence-electron chi connectivity index (χ4n) is 8.54. The van der Waals surface area contributed by atoms with E-state index >= 15 is 4.79 Å². The van der Waals surface area contributed by atoms with Gasteiger partial charge in [-0.15, -0.1) is 0 Å². The van der Waals surface area contributed by atoms with Gasteiger partial charge in [0, 0.05) is 28.1 Å². The van der Waals surface area contributed by atoms with E-state index in [0.717, 1.165) is 5.39 Å². The molecule has 0 radical (unpaired) electrons. The highest BCUT2D eigenvalue weighted by atomic mass is 35.5. The SMILES string of the molecule is O=C1NC(=O)C2C1CC=C1C2CC2C(=O)N(Nc3ncc(C(F)(F)F)cc3Cl)C(=O)C2(c2ccc(Cl)cc2)C1c1ccc2ccccc2c1O. The van der Waals surface area contributed by atoms with E-state index in [2.05, 4.69) is 15.7 Å². The fourth-order valence-corrected chi connectivity index (χ4v) is 8.88. The van der Waals surface area contributed by atoms with E-state index in [9.17, 15) is 32.7 Å². The number of fused-ring (bicyclic) bond motifs is 5. The summed E-state index contributed by atoms with van der Waals surface area (Å²) in [6, 6.07) is 17.6. The largest absolute Gasteiger partial charge is 0.507 e. The minimum atomic E-state index is -4.74. The third-order valence-electron chi connectivity index (χ3n) is 10.6. The molecule has 50 heavy (non-hydrogen) atoms. The lowest BCUT2D eigenvalue weighted by Crippen LogP contribution is -2.53. The summed E-state index contributed by atoms with van der Waals surface area (Å²) in [6.07, 6.45) is -2.22. The quantitative estimate of drug-likeness (QED) is 0.161. The molecule has 1 saturated carbocycles. The number of hydrogen-bond donors (Lipinski definition) is 3. The van der Waals surface area contributed by atoms with Crippen LogP contribution in [0.1, 0.15) is 35.4 Å². The number of anilines is 1. The number of phenolic OH excluding ortho intramolecular Hbond substituents is 1. The van der Waals surface area contributed by atoms with Gasteiger partial charge in [0.15, 0.2) is 5.82 Å². The van der Waals surface area contributed by atoms with Gasteiger partial charge in [-0.2, -0.15) is 18.2 Å². The first-order valence-corrected chi connectivity index (χ1v) is 16.5. The standard InChI is InChI=1S/C36H25Cl2F3N4O5/c37-19-8-6-17(7-9-19)35-25(33(49)45(34(35)50)44-30-26(38)13-18(15-42-30)36(39,40)41)14-24-21(11-12-22-27(24)32(48)43-31(22)47)28(35)23-10-5-16-3-1-2-4-20(16)29(23)46/h1-11,13,15,22,24-25,27-28,46H,12,14H2,(H,42,44)(H,43,47,48). The Hall–Kier alpha value is -4.94. The van der Waals surface area contributed by atoms with Gasteiger partial charge in [-0.3, -0.25) is 29.9 Å². The minimum Gasteiger partial charge on any atom is -0.507 e. The van der Waals surface area contributed by atoms with Crippen LogP contribution in [0.25, 0.3) is 10.8 Å². The lowest BCUT2D eigenvalue weighted by Gasteiger charge is -2.50. The van der Waals surface area contributed by atoms with Crippen LogP contribution in [-0.4, -0.2) is 38.7 Å². The number of rotatable bonds is 4. The number of allylic oxidation sites excluding steroid dienone is 2. The Morgan fingerprint density at radius 1 is 0.960 bits per heavy atom. The number of phenols is 1. The molecule has 3 aromatic carbocycles. The van der Waals surface area contributed by atoms with Crippen molar-refractivity contribution in [2.75, 3.05) is 5.43 Å². The summed E-state index contributed by atoms with van der Waals surface area (Å²) in [5, 5.41) is 16.2. The van der Waals surface area contributed by atoms with Crippen molar-refractivity contribution in [3.05, 3.63) is 111 Å². The first-order valence-electron chi connectivity index (χ1n) is 15.7. The molecule has 2 saturated heterocycles. The second-order valence-electron chi connectivity index (χ2n) is 13.0. The Morgan fingerprint density at radius 2 is 1.70 bits per heavy atom. The van der Waals surface area contributed by atoms with Crippen molar-refractivity contribution in [1.29, 1.82) is 0 Å². The number of pyridine rings is 1. The molecule has 6 unspecified atom stereocenters. The molecule has 254 valence electrons. The van der Waals surface area contributed by atoms with Crippen LogP contribution in [0.3, 0.4) is 0 Å². The molecular weight excluding hydrogens is 696 g/mol. The van der Waals surface area contributed by atoms with Crippen molar-refractivity contribution in [3.8, 4) is 5.75 Å². The zero-order valence-corrected chi connectivity index (χ0v) is 27.2. The van der Waals surface area contributed by atoms with Crippen LogP contribution >= 0.6 is 23.2 Å². The molecule has 1 aromatic heterocycles. The third kappa shape index (κ3) is 4.57. The topological polar surface area (TPSA) is 129 Å². The molecule has 2 aliphatic heterocycles. The second kappa shape index (κ2) is 11.3. The minimum absolute atomic E-state index is 0.0297. The van der Waals surface area contributed by atoms with Crippen molar-refractivity contribution in [2.24, 2.45) is 23.7 Å². The molecule has 4 amide bonds. The third-order valence-corrected chi connectivity index (χ3v) is 11.2. The molecular formula is C36H25Cl2F3N4O5. The van der Waals surface area contributed by atoms with Gasteiger partial charge in [0.05, 0.1) is 33.8 Å². The fraction of sp³-hybridized carbons (Fsp3) is 0.250. The van der Waals surface area contributed by atoms with Gasteiger partial charge in [0.1, 0.15) is 5.75 Å². The summed E-state index contributed by atoms with van der Waals surface area (Å²) in [6.45, 7) is 0. The molecule has 3 fully saturated rings. The second-order valence-corrected chi connectivity index (χ2v) is 13.8. The maximum Gasteiger partial charge on any atom is 0.417 e. The number of halogens is 5. The Balaban J connectivity index is 1.37. The maximum absolute atomic E-state index is 15.2. The van der Waals surface area contributed by atoms with E-state index in [-0.39, 0.29) is 24.4 Å². The van der Waals surface area contributed by atoms with Crippen LogP contribution in [0.5, 0.6) is 5.75 Å². The normalized spacial score (nSPS) is 27.5. The van der Waals surface area contributed by atoms with Gasteiger partial charge < -0.3 is 5.11 Å². The lowest BCUT2D eigenvalue weighted by atomic mass is 9.49. The molecule has 8 rings (SSSR count). The number of carbonyl (C=O) groups is 4.